The minimum atomic E-state index is 0.169. The lowest BCUT2D eigenvalue weighted by Gasteiger charge is -2.31. The summed E-state index contributed by atoms with van der Waals surface area (Å²) in [6, 6.07) is 5.92. The highest BCUT2D eigenvalue weighted by atomic mass is 35.5. The summed E-state index contributed by atoms with van der Waals surface area (Å²) in [7, 11) is 0. The van der Waals surface area contributed by atoms with Crippen LogP contribution in [0, 0.1) is 11.8 Å². The molecule has 2 nitrogen and oxygen atoms in total. The van der Waals surface area contributed by atoms with Gasteiger partial charge in [0.15, 0.2) is 0 Å². The smallest absolute Gasteiger partial charge is 0.0639 e. The van der Waals surface area contributed by atoms with Gasteiger partial charge in [-0.05, 0) is 49.8 Å². The second kappa shape index (κ2) is 7.65. The number of aliphatic hydroxyl groups is 1. The van der Waals surface area contributed by atoms with Crippen LogP contribution >= 0.6 is 23.2 Å². The van der Waals surface area contributed by atoms with Crippen LogP contribution in [0.5, 0.6) is 0 Å². The van der Waals surface area contributed by atoms with Gasteiger partial charge < -0.3 is 10.4 Å². The summed E-state index contributed by atoms with van der Waals surface area (Å²) in [4.78, 5) is 0. The second-order valence-corrected chi connectivity index (χ2v) is 6.55. The first-order chi connectivity index (χ1) is 9.63. The van der Waals surface area contributed by atoms with Gasteiger partial charge in [0.05, 0.1) is 10.0 Å². The Bertz CT molecular complexity index is 438. The van der Waals surface area contributed by atoms with Gasteiger partial charge in [-0.1, -0.05) is 48.2 Å². The Hall–Kier alpha value is -0.280. The van der Waals surface area contributed by atoms with Crippen molar-refractivity contribution in [2.45, 2.75) is 38.6 Å². The number of hydrogen-bond acceptors (Lipinski definition) is 2. The number of aliphatic hydroxyl groups excluding tert-OH is 1. The predicted octanol–water partition coefficient (Wildman–Crippen LogP) is 4.44. The third-order valence-corrected chi connectivity index (χ3v) is 5.27. The number of rotatable bonds is 5. The van der Waals surface area contributed by atoms with Crippen molar-refractivity contribution in [2.75, 3.05) is 13.2 Å². The lowest BCUT2D eigenvalue weighted by atomic mass is 9.79. The molecule has 1 saturated carbocycles. The first-order valence-electron chi connectivity index (χ1n) is 7.41. The molecular weight excluding hydrogens is 293 g/mol. The van der Waals surface area contributed by atoms with Gasteiger partial charge in [-0.25, -0.2) is 0 Å². The Labute approximate surface area is 131 Å². The van der Waals surface area contributed by atoms with E-state index in [-0.39, 0.29) is 6.04 Å². The molecule has 2 rings (SSSR count). The van der Waals surface area contributed by atoms with Gasteiger partial charge in [0.25, 0.3) is 0 Å². The van der Waals surface area contributed by atoms with Crippen molar-refractivity contribution in [2.24, 2.45) is 11.8 Å². The maximum absolute atomic E-state index is 9.46. The van der Waals surface area contributed by atoms with Crippen LogP contribution in [0.1, 0.15) is 44.2 Å². The number of nitrogens with one attached hydrogen (secondary N) is 1. The van der Waals surface area contributed by atoms with Crippen molar-refractivity contribution < 1.29 is 5.11 Å². The van der Waals surface area contributed by atoms with Gasteiger partial charge in [-0.2, -0.15) is 0 Å². The fourth-order valence-electron chi connectivity index (χ4n) is 3.09. The first-order valence-corrected chi connectivity index (χ1v) is 8.17. The van der Waals surface area contributed by atoms with Gasteiger partial charge in [-0.15, -0.1) is 0 Å². The normalized spacial score (nSPS) is 24.6. The molecule has 112 valence electrons. The van der Waals surface area contributed by atoms with E-state index in [1.165, 1.54) is 19.3 Å². The van der Waals surface area contributed by atoms with Crippen LogP contribution in [-0.2, 0) is 0 Å². The maximum atomic E-state index is 9.46. The Morgan fingerprint density at radius 3 is 2.65 bits per heavy atom. The molecule has 1 aromatic rings. The number of halogens is 2. The quantitative estimate of drug-likeness (QED) is 0.841. The van der Waals surface area contributed by atoms with Gasteiger partial charge in [-0.3, -0.25) is 0 Å². The summed E-state index contributed by atoms with van der Waals surface area (Å²) < 4.78 is 0. The van der Waals surface area contributed by atoms with E-state index in [4.69, 9.17) is 23.2 Å². The van der Waals surface area contributed by atoms with Crippen molar-refractivity contribution in [1.29, 1.82) is 0 Å². The molecule has 0 aromatic heterocycles. The lowest BCUT2D eigenvalue weighted by Crippen LogP contribution is -2.33. The van der Waals surface area contributed by atoms with E-state index in [1.807, 2.05) is 18.2 Å². The van der Waals surface area contributed by atoms with Gasteiger partial charge in [0, 0.05) is 12.6 Å². The van der Waals surface area contributed by atoms with Crippen LogP contribution < -0.4 is 5.32 Å². The van der Waals surface area contributed by atoms with Crippen molar-refractivity contribution in [1.82, 2.24) is 5.32 Å². The third-order valence-electron chi connectivity index (χ3n) is 4.44. The summed E-state index contributed by atoms with van der Waals surface area (Å²) in [5.41, 5.74) is 1.04. The molecule has 20 heavy (non-hydrogen) atoms. The zero-order chi connectivity index (χ0) is 14.5. The number of benzene rings is 1. The van der Waals surface area contributed by atoms with Gasteiger partial charge in [0.1, 0.15) is 0 Å². The zero-order valence-electron chi connectivity index (χ0n) is 11.9. The summed E-state index contributed by atoms with van der Waals surface area (Å²) >= 11 is 12.3. The summed E-state index contributed by atoms with van der Waals surface area (Å²) in [6.45, 7) is 3.34. The first kappa shape index (κ1) is 16.1. The topological polar surface area (TPSA) is 32.3 Å². The van der Waals surface area contributed by atoms with Crippen molar-refractivity contribution in [3.05, 3.63) is 33.8 Å². The Balaban J connectivity index is 1.94. The highest BCUT2D eigenvalue weighted by Gasteiger charge is 2.24. The van der Waals surface area contributed by atoms with Crippen LogP contribution in [0.2, 0.25) is 10.0 Å². The minimum absolute atomic E-state index is 0.169. The summed E-state index contributed by atoms with van der Waals surface area (Å²) in [5, 5.41) is 14.2. The van der Waals surface area contributed by atoms with Crippen molar-refractivity contribution >= 4 is 23.2 Å². The molecule has 0 heterocycles. The Morgan fingerprint density at radius 1 is 1.25 bits per heavy atom. The lowest BCUT2D eigenvalue weighted by molar-refractivity contribution is 0.131. The zero-order valence-corrected chi connectivity index (χ0v) is 13.4. The predicted molar refractivity (Wildman–Crippen MR) is 85.4 cm³/mol. The van der Waals surface area contributed by atoms with E-state index in [1.54, 1.807) is 0 Å². The van der Waals surface area contributed by atoms with Crippen molar-refractivity contribution in [3.63, 3.8) is 0 Å². The van der Waals surface area contributed by atoms with Crippen LogP contribution in [-0.4, -0.2) is 18.3 Å². The number of hydrogen-bond donors (Lipinski definition) is 2. The molecule has 1 aromatic carbocycles. The van der Waals surface area contributed by atoms with Crippen LogP contribution in [0.25, 0.3) is 0 Å². The monoisotopic (exact) mass is 315 g/mol. The highest BCUT2D eigenvalue weighted by molar-refractivity contribution is 6.42. The summed E-state index contributed by atoms with van der Waals surface area (Å²) in [6.07, 6.45) is 4.87. The molecule has 0 bridgehead atoms. The molecule has 1 aliphatic carbocycles. The van der Waals surface area contributed by atoms with E-state index in [9.17, 15) is 5.11 Å². The molecule has 0 spiro atoms. The Morgan fingerprint density at radius 2 is 1.95 bits per heavy atom. The van der Waals surface area contributed by atoms with Crippen LogP contribution in [0.15, 0.2) is 18.2 Å². The second-order valence-electron chi connectivity index (χ2n) is 5.76. The fourth-order valence-corrected chi connectivity index (χ4v) is 3.56. The van der Waals surface area contributed by atoms with E-state index < -0.39 is 0 Å². The molecule has 3 unspecified atom stereocenters. The highest BCUT2D eigenvalue weighted by Crippen LogP contribution is 2.32. The third kappa shape index (κ3) is 3.88. The molecular formula is C16H23Cl2NO. The molecule has 0 radical (unpaired) electrons. The molecule has 3 atom stereocenters. The van der Waals surface area contributed by atoms with Gasteiger partial charge >= 0.3 is 0 Å². The SMILES string of the molecule is CC(NCC1CCCCC1CO)c1cccc(Cl)c1Cl. The standard InChI is InChI=1S/C16H23Cl2NO/c1-11(14-7-4-8-15(17)16(14)18)19-9-12-5-2-3-6-13(12)10-20/h4,7-8,11-13,19-20H,2-3,5-6,9-10H2,1H3. The molecule has 0 aliphatic heterocycles. The summed E-state index contributed by atoms with van der Waals surface area (Å²) in [5.74, 6) is 1.01. The largest absolute Gasteiger partial charge is 0.396 e. The molecule has 4 heteroatoms. The molecule has 1 aliphatic rings. The maximum Gasteiger partial charge on any atom is 0.0639 e. The van der Waals surface area contributed by atoms with E-state index in [0.29, 0.717) is 28.5 Å². The van der Waals surface area contributed by atoms with Gasteiger partial charge in [0.2, 0.25) is 0 Å². The average molecular weight is 316 g/mol. The van der Waals surface area contributed by atoms with E-state index in [0.717, 1.165) is 18.5 Å². The Kier molecular flexibility index (Phi) is 6.16. The molecule has 0 amide bonds. The van der Waals surface area contributed by atoms with E-state index in [2.05, 4.69) is 12.2 Å². The average Bonchev–Trinajstić information content (AvgIpc) is 2.48. The van der Waals surface area contributed by atoms with E-state index >= 15 is 0 Å². The molecule has 0 saturated heterocycles. The van der Waals surface area contributed by atoms with Crippen LogP contribution in [0.4, 0.5) is 0 Å². The molecule has 2 N–H and O–H groups in total. The van der Waals surface area contributed by atoms with Crippen molar-refractivity contribution in [3.8, 4) is 0 Å². The fraction of sp³-hybridized carbons (Fsp3) is 0.625. The molecule has 1 fully saturated rings. The minimum Gasteiger partial charge on any atom is -0.396 e. The van der Waals surface area contributed by atoms with Crippen LogP contribution in [0.3, 0.4) is 0 Å².